The molecule has 3 aromatic carbocycles. The Bertz CT molecular complexity index is 2100. The Balaban J connectivity index is 0.000000189. The average Bonchev–Trinajstić information content (AvgIpc) is 3.52. The van der Waals surface area contributed by atoms with E-state index in [0.29, 0.717) is 5.02 Å². The zero-order valence-electron chi connectivity index (χ0n) is 38.6. The second-order valence-electron chi connectivity index (χ2n) is 17.9. The Labute approximate surface area is 388 Å². The number of methoxy groups -OCH3 is 1. The first-order chi connectivity index (χ1) is 29.7. The van der Waals surface area contributed by atoms with Gasteiger partial charge in [-0.15, -0.1) is 6.58 Å². The molecule has 0 atom stereocenters. The van der Waals surface area contributed by atoms with Crippen LogP contribution in [0.3, 0.4) is 0 Å². The highest BCUT2D eigenvalue weighted by atomic mass is 35.5. The zero-order valence-corrected chi connectivity index (χ0v) is 40.3. The number of rotatable bonds is 8. The molecule has 0 bridgehead atoms. The normalized spacial score (nSPS) is 16.8. The molecule has 8 rings (SSSR count). The number of allylic oxidation sites excluding steroid dienone is 2. The maximum absolute atomic E-state index is 5.80. The number of hydrogen-bond acceptors (Lipinski definition) is 5. The number of hydrogen-bond donors (Lipinski definition) is 0. The minimum atomic E-state index is -0.241. The monoisotopic (exact) mass is 887 g/mol. The maximum Gasteiger partial charge on any atom is 0.489 e. The molecule has 5 aromatic rings. The van der Waals surface area contributed by atoms with E-state index in [1.165, 1.54) is 75.5 Å². The van der Waals surface area contributed by atoms with Crippen LogP contribution in [-0.2, 0) is 9.31 Å². The van der Waals surface area contributed by atoms with Crippen LogP contribution in [0.15, 0.2) is 134 Å². The molecule has 0 amide bonds. The first-order valence-electron chi connectivity index (χ1n) is 22.5. The first kappa shape index (κ1) is 51.6. The van der Waals surface area contributed by atoms with Crippen LogP contribution >= 0.6 is 19.5 Å². The molecule has 1 aliphatic heterocycles. The van der Waals surface area contributed by atoms with E-state index in [4.69, 9.17) is 25.6 Å². The lowest BCUT2D eigenvalue weighted by molar-refractivity contribution is 0.00578. The number of ether oxygens (including phenoxy) is 1. The molecular formula is C55H73BClN2O3P. The molecule has 3 heterocycles. The molecule has 2 aliphatic carbocycles. The molecule has 2 saturated carbocycles. The fourth-order valence-corrected chi connectivity index (χ4v) is 12.3. The molecule has 336 valence electrons. The van der Waals surface area contributed by atoms with Crippen molar-refractivity contribution in [3.63, 3.8) is 0 Å². The lowest BCUT2D eigenvalue weighted by atomic mass is 9.81. The summed E-state index contributed by atoms with van der Waals surface area (Å²) in [4.78, 5) is 8.63. The van der Waals surface area contributed by atoms with E-state index in [1.54, 1.807) is 11.5 Å². The fraction of sp³-hybridized carbons (Fsp3) is 0.418. The van der Waals surface area contributed by atoms with Crippen molar-refractivity contribution in [2.45, 2.75) is 143 Å². The second-order valence-corrected chi connectivity index (χ2v) is 21.0. The number of aryl methyl sites for hydroxylation is 1. The quantitative estimate of drug-likeness (QED) is 0.115. The van der Waals surface area contributed by atoms with Crippen molar-refractivity contribution in [1.29, 1.82) is 0 Å². The predicted octanol–water partition coefficient (Wildman–Crippen LogP) is 15.8. The number of nitrogens with zero attached hydrogens (tertiary/aromatic N) is 2. The van der Waals surface area contributed by atoms with Crippen molar-refractivity contribution in [1.82, 2.24) is 9.97 Å². The van der Waals surface area contributed by atoms with Crippen LogP contribution < -0.4 is 10.0 Å². The molecular weight excluding hydrogens is 814 g/mol. The van der Waals surface area contributed by atoms with Gasteiger partial charge in [0.2, 0.25) is 0 Å². The Kier molecular flexibility index (Phi) is 20.3. The Morgan fingerprint density at radius 2 is 1.14 bits per heavy atom. The van der Waals surface area contributed by atoms with E-state index in [2.05, 4.69) is 66.4 Å². The summed E-state index contributed by atoms with van der Waals surface area (Å²) in [5.41, 5.74) is 10.2. The largest absolute Gasteiger partial charge is 0.496 e. The lowest BCUT2D eigenvalue weighted by Crippen LogP contribution is -2.41. The molecule has 63 heavy (non-hydrogen) atoms. The third kappa shape index (κ3) is 14.7. The van der Waals surface area contributed by atoms with Gasteiger partial charge < -0.3 is 14.0 Å². The molecule has 5 nitrogen and oxygen atoms in total. The van der Waals surface area contributed by atoms with E-state index in [0.717, 1.165) is 50.4 Å². The van der Waals surface area contributed by atoms with Crippen LogP contribution in [0.1, 0.15) is 124 Å². The molecule has 0 N–H and O–H groups in total. The highest BCUT2D eigenvalue weighted by Gasteiger charge is 2.51. The van der Waals surface area contributed by atoms with Gasteiger partial charge in [0.05, 0.1) is 34.7 Å². The van der Waals surface area contributed by atoms with Gasteiger partial charge in [0.1, 0.15) is 5.75 Å². The van der Waals surface area contributed by atoms with Gasteiger partial charge >= 0.3 is 7.12 Å². The Hall–Kier alpha value is -4.06. The summed E-state index contributed by atoms with van der Waals surface area (Å²) in [5, 5.41) is 2.28. The zero-order chi connectivity index (χ0) is 44.7. The molecule has 0 spiro atoms. The van der Waals surface area contributed by atoms with Gasteiger partial charge in [0.15, 0.2) is 0 Å². The predicted molar refractivity (Wildman–Crippen MR) is 275 cm³/mol. The summed E-state index contributed by atoms with van der Waals surface area (Å²) < 4.78 is 17.2. The summed E-state index contributed by atoms with van der Waals surface area (Å²) in [6, 6.07) is 34.7. The lowest BCUT2D eigenvalue weighted by Gasteiger charge is -2.39. The van der Waals surface area contributed by atoms with Gasteiger partial charge in [-0.2, -0.15) is 0 Å². The third-order valence-electron chi connectivity index (χ3n) is 12.4. The number of halogens is 1. The minimum absolute atomic E-state index is 0. The van der Waals surface area contributed by atoms with Crippen LogP contribution in [-0.4, -0.2) is 46.7 Å². The van der Waals surface area contributed by atoms with Crippen LogP contribution in [0.25, 0.3) is 28.1 Å². The van der Waals surface area contributed by atoms with Gasteiger partial charge in [-0.1, -0.05) is 156 Å². The maximum atomic E-state index is 5.80. The number of benzene rings is 3. The Morgan fingerprint density at radius 1 is 0.667 bits per heavy atom. The van der Waals surface area contributed by atoms with E-state index in [9.17, 15) is 0 Å². The smallest absolute Gasteiger partial charge is 0.489 e. The molecule has 0 unspecified atom stereocenters. The molecule has 8 heteroatoms. The average molecular weight is 887 g/mol. The van der Waals surface area contributed by atoms with Crippen molar-refractivity contribution >= 4 is 37.5 Å². The summed E-state index contributed by atoms with van der Waals surface area (Å²) >= 11 is 5.74. The summed E-state index contributed by atoms with van der Waals surface area (Å²) in [6.07, 6.45) is 18.1. The van der Waals surface area contributed by atoms with Crippen molar-refractivity contribution in [3.8, 4) is 28.3 Å². The number of aromatic nitrogens is 2. The molecule has 2 aromatic heterocycles. The summed E-state index contributed by atoms with van der Waals surface area (Å²) in [6.45, 7) is 22.1. The minimum Gasteiger partial charge on any atom is -0.496 e. The van der Waals surface area contributed by atoms with Crippen molar-refractivity contribution in [3.05, 3.63) is 150 Å². The first-order valence-corrected chi connectivity index (χ1v) is 24.3. The standard InChI is InChI=1S/C20H31OP.C14H13N.C11H8ClN.C9H17BO2.CH4/c1-16-10-9-15-19(21-2)20(16)22(17-11-5-3-6-12-17)18-13-7-4-8-14-18;1-11(2)13-8-9-14(15-10-13)12-6-4-3-5-7-12;12-10-6-7-11(13-8-10)9-4-2-1-3-5-9;1-7(2)10-11-8(3,4)9(5,6)12-10;/h9-10,15,17-18H,3-8,11-14H2,1-2H3;3-10H,1H2,2H3;1-8H;1H2,2-6H3;1H4. The molecule has 3 fully saturated rings. The molecule has 0 radical (unpaired) electrons. The summed E-state index contributed by atoms with van der Waals surface area (Å²) in [5.74, 6) is 1.17. The Morgan fingerprint density at radius 3 is 1.52 bits per heavy atom. The topological polar surface area (TPSA) is 53.5 Å². The summed E-state index contributed by atoms with van der Waals surface area (Å²) in [7, 11) is 1.55. The van der Waals surface area contributed by atoms with E-state index < -0.39 is 0 Å². The fourth-order valence-electron chi connectivity index (χ4n) is 8.14. The molecule has 3 aliphatic rings. The molecule has 1 saturated heterocycles. The SMILES string of the molecule is C.C=C(C)B1OC(C)(C)C(C)(C)O1.C=C(C)c1ccc(-c2ccccc2)nc1.COc1cccc(C)c1P(C1CCCCC1)C1CCCCC1.Clc1ccc(-c2ccccc2)nc1. The van der Waals surface area contributed by atoms with Gasteiger partial charge in [0, 0.05) is 28.8 Å². The van der Waals surface area contributed by atoms with Crippen LogP contribution in [0.5, 0.6) is 5.75 Å². The highest BCUT2D eigenvalue weighted by Crippen LogP contribution is 2.56. The van der Waals surface area contributed by atoms with Gasteiger partial charge in [0.25, 0.3) is 0 Å². The van der Waals surface area contributed by atoms with E-state index >= 15 is 0 Å². The van der Waals surface area contributed by atoms with Crippen LogP contribution in [0, 0.1) is 6.92 Å². The second kappa shape index (κ2) is 24.9. The number of pyridine rings is 2. The highest BCUT2D eigenvalue weighted by molar-refractivity contribution is 7.67. The van der Waals surface area contributed by atoms with Crippen molar-refractivity contribution < 1.29 is 14.0 Å². The van der Waals surface area contributed by atoms with Crippen LogP contribution in [0.2, 0.25) is 5.02 Å². The van der Waals surface area contributed by atoms with Crippen molar-refractivity contribution in [2.75, 3.05) is 7.11 Å². The van der Waals surface area contributed by atoms with Crippen molar-refractivity contribution in [2.24, 2.45) is 0 Å². The van der Waals surface area contributed by atoms with Gasteiger partial charge in [-0.3, -0.25) is 9.97 Å². The van der Waals surface area contributed by atoms with Gasteiger partial charge in [-0.25, -0.2) is 0 Å². The third-order valence-corrected chi connectivity index (χ3v) is 16.3. The van der Waals surface area contributed by atoms with Crippen LogP contribution in [0.4, 0.5) is 0 Å². The van der Waals surface area contributed by atoms with E-state index in [-0.39, 0.29) is 33.7 Å². The van der Waals surface area contributed by atoms with Gasteiger partial charge in [-0.05, 0) is 126 Å². The van der Waals surface area contributed by atoms with E-state index in [1.807, 2.05) is 122 Å².